The summed E-state index contributed by atoms with van der Waals surface area (Å²) in [6, 6.07) is 18.3. The van der Waals surface area contributed by atoms with E-state index in [4.69, 9.17) is 9.98 Å². The van der Waals surface area contributed by atoms with Crippen LogP contribution in [0.15, 0.2) is 58.5 Å². The van der Waals surface area contributed by atoms with Gasteiger partial charge in [-0.2, -0.15) is 0 Å². The molecule has 0 heterocycles. The molecule has 0 aromatic heterocycles. The van der Waals surface area contributed by atoms with Crippen molar-refractivity contribution in [3.05, 3.63) is 59.7 Å². The highest BCUT2D eigenvalue weighted by Crippen LogP contribution is 2.24. The summed E-state index contributed by atoms with van der Waals surface area (Å²) in [5.74, 6) is 0. The fraction of sp³-hybridized carbons (Fsp3) is 0.813. The Morgan fingerprint density at radius 3 is 0.688 bits per heavy atom. The Bertz CT molecular complexity index is 1570. The van der Waals surface area contributed by atoms with Gasteiger partial charge in [-0.1, -0.05) is 367 Å². The van der Waals surface area contributed by atoms with E-state index >= 15 is 0 Å². The zero-order valence-corrected chi connectivity index (χ0v) is 52.8. The van der Waals surface area contributed by atoms with Crippen LogP contribution in [0.2, 0.25) is 0 Å². The van der Waals surface area contributed by atoms with E-state index in [0.717, 1.165) is 43.5 Å². The molecule has 2 aromatic rings. The lowest BCUT2D eigenvalue weighted by molar-refractivity contribution is 0.517. The van der Waals surface area contributed by atoms with Gasteiger partial charge in [0.25, 0.3) is 0 Å². The molecule has 0 unspecified atom stereocenters. The van der Waals surface area contributed by atoms with E-state index < -0.39 is 0 Å². The molecule has 0 saturated heterocycles. The van der Waals surface area contributed by atoms with Gasteiger partial charge in [0, 0.05) is 0 Å². The van der Waals surface area contributed by atoms with E-state index in [9.17, 15) is 0 Å². The van der Waals surface area contributed by atoms with Gasteiger partial charge in [0.1, 0.15) is 0 Å². The van der Waals surface area contributed by atoms with Gasteiger partial charge in [0.2, 0.25) is 0 Å². The van der Waals surface area contributed by atoms with Crippen LogP contribution in [0.5, 0.6) is 0 Å². The van der Waals surface area contributed by atoms with Gasteiger partial charge in [-0.25, -0.2) is 0 Å². The minimum absolute atomic E-state index is 1.00. The van der Waals surface area contributed by atoms with Crippen LogP contribution >= 0.6 is 0 Å². The molecule has 0 aliphatic rings. The van der Waals surface area contributed by atoms with Gasteiger partial charge in [0.15, 0.2) is 0 Å². The van der Waals surface area contributed by atoms with Crippen molar-refractivity contribution in [3.63, 3.8) is 0 Å². The molecule has 77 heavy (non-hydrogen) atoms. The van der Waals surface area contributed by atoms with Crippen LogP contribution in [-0.4, -0.2) is 11.4 Å². The second kappa shape index (κ2) is 57.0. The third-order valence-corrected chi connectivity index (χ3v) is 17.1. The Labute approximate surface area is 483 Å². The summed E-state index contributed by atoms with van der Waals surface area (Å²) in [4.78, 5) is 10.9. The van der Waals surface area contributed by atoms with Crippen LogP contribution < -0.4 is 0 Å². The van der Waals surface area contributed by atoms with Gasteiger partial charge in [-0.05, 0) is 86.8 Å². The monoisotopic (exact) mass is 1060 g/mol. The molecule has 0 bridgehead atoms. The fourth-order valence-corrected chi connectivity index (χ4v) is 11.9. The van der Waals surface area contributed by atoms with Crippen molar-refractivity contribution < 1.29 is 0 Å². The minimum Gasteiger partial charge on any atom is -0.252 e. The predicted molar refractivity (Wildman–Crippen MR) is 351 cm³/mol. The van der Waals surface area contributed by atoms with E-state index in [1.165, 1.54) is 356 Å². The first-order valence-corrected chi connectivity index (χ1v) is 35.5. The van der Waals surface area contributed by atoms with Crippen LogP contribution in [0.25, 0.3) is 0 Å². The smallest absolute Gasteiger partial charge is 0.0636 e. The van der Waals surface area contributed by atoms with E-state index in [-0.39, 0.29) is 0 Å². The molecular formula is C75H134N2. The molecular weight excluding hydrogens is 929 g/mol. The highest BCUT2D eigenvalue weighted by molar-refractivity contribution is 6.43. The summed E-state index contributed by atoms with van der Waals surface area (Å²) in [6.45, 7) is 9.24. The molecule has 0 fully saturated rings. The highest BCUT2D eigenvalue weighted by Gasteiger charge is 2.12. The first-order valence-electron chi connectivity index (χ1n) is 35.5. The van der Waals surface area contributed by atoms with Crippen LogP contribution in [0, 0.1) is 0 Å². The van der Waals surface area contributed by atoms with E-state index in [1.807, 2.05) is 0 Å². The number of hydrogen-bond donors (Lipinski definition) is 0. The lowest BCUT2D eigenvalue weighted by atomic mass is 10.0. The molecule has 0 spiro atoms. The molecule has 2 nitrogen and oxygen atoms in total. The molecule has 0 saturated carbocycles. The zero-order chi connectivity index (χ0) is 54.8. The van der Waals surface area contributed by atoms with E-state index in [1.54, 1.807) is 0 Å². The van der Waals surface area contributed by atoms with Crippen LogP contribution in [0.1, 0.15) is 392 Å². The average Bonchev–Trinajstić information content (AvgIpc) is 3.44. The van der Waals surface area contributed by atoms with Crippen LogP contribution in [0.4, 0.5) is 11.4 Å². The number of nitrogens with zero attached hydrogens (tertiary/aromatic N) is 2. The Balaban J connectivity index is 1.61. The second-order valence-corrected chi connectivity index (χ2v) is 24.8. The Morgan fingerprint density at radius 1 is 0.234 bits per heavy atom. The van der Waals surface area contributed by atoms with Crippen molar-refractivity contribution in [1.29, 1.82) is 0 Å². The Kier molecular flexibility index (Phi) is 52.5. The van der Waals surface area contributed by atoms with Crippen molar-refractivity contribution in [2.24, 2.45) is 9.98 Å². The molecule has 0 radical (unpaired) electrons. The number of aryl methyl sites for hydroxylation is 2. The normalized spacial score (nSPS) is 12.2. The molecule has 0 aliphatic heterocycles. The summed E-state index contributed by atoms with van der Waals surface area (Å²) in [6.07, 6.45) is 79.5. The van der Waals surface area contributed by atoms with Gasteiger partial charge in [-0.3, -0.25) is 9.98 Å². The molecule has 0 aliphatic carbocycles. The highest BCUT2D eigenvalue weighted by atomic mass is 14.8. The summed E-state index contributed by atoms with van der Waals surface area (Å²) >= 11 is 0. The maximum Gasteiger partial charge on any atom is 0.0636 e. The molecule has 0 N–H and O–H groups in total. The van der Waals surface area contributed by atoms with Crippen LogP contribution in [-0.2, 0) is 12.8 Å². The lowest BCUT2D eigenvalue weighted by Gasteiger charge is -2.12. The second-order valence-electron chi connectivity index (χ2n) is 24.8. The maximum atomic E-state index is 5.43. The molecule has 2 rings (SSSR count). The quantitative estimate of drug-likeness (QED) is 0.0466. The van der Waals surface area contributed by atoms with Crippen molar-refractivity contribution >= 4 is 22.8 Å². The molecule has 0 atom stereocenters. The number of hydrogen-bond acceptors (Lipinski definition) is 2. The standard InChI is InChI=1S/C75H134N2/c1-5-9-13-15-17-19-21-23-25-27-29-31-33-35-37-39-41-43-45-47-49-51-53-56-60-70-62-58-64-72(68-70)76-74(66-12-8-4)75(67-55-11-7-3)77-73-65-59-63-71(69-73)61-57-54-52-50-48-46-44-42-40-38-36-34-32-30-28-26-24-22-20-18-16-14-10-6-2/h58-59,62-65,68-69H,5-57,60-61,66-67H2,1-4H3. The van der Waals surface area contributed by atoms with Crippen LogP contribution in [0.3, 0.4) is 0 Å². The zero-order valence-electron chi connectivity index (χ0n) is 52.8. The van der Waals surface area contributed by atoms with E-state index in [2.05, 4.69) is 76.2 Å². The number of benzene rings is 2. The van der Waals surface area contributed by atoms with Gasteiger partial charge < -0.3 is 0 Å². The van der Waals surface area contributed by atoms with Gasteiger partial charge in [-0.15, -0.1) is 0 Å². The van der Waals surface area contributed by atoms with Crippen molar-refractivity contribution in [3.8, 4) is 0 Å². The van der Waals surface area contributed by atoms with E-state index in [0.29, 0.717) is 0 Å². The topological polar surface area (TPSA) is 24.7 Å². The fourth-order valence-electron chi connectivity index (χ4n) is 11.9. The van der Waals surface area contributed by atoms with Crippen molar-refractivity contribution in [1.82, 2.24) is 0 Å². The third-order valence-electron chi connectivity index (χ3n) is 17.1. The number of aliphatic imine (C=N–C) groups is 2. The molecule has 444 valence electrons. The molecule has 2 aromatic carbocycles. The maximum absolute atomic E-state index is 5.43. The number of rotatable bonds is 60. The lowest BCUT2D eigenvalue weighted by Crippen LogP contribution is -2.14. The largest absolute Gasteiger partial charge is 0.252 e. The summed E-state index contributed by atoms with van der Waals surface area (Å²) < 4.78 is 0. The van der Waals surface area contributed by atoms with Crippen molar-refractivity contribution in [2.45, 2.75) is 394 Å². The third kappa shape index (κ3) is 46.1. The molecule has 0 amide bonds. The summed E-state index contributed by atoms with van der Waals surface area (Å²) in [5, 5.41) is 0. The average molecular weight is 1060 g/mol. The summed E-state index contributed by atoms with van der Waals surface area (Å²) in [5.41, 5.74) is 7.55. The first kappa shape index (κ1) is 70.9. The molecule has 2 heteroatoms. The predicted octanol–water partition coefficient (Wildman–Crippen LogP) is 27.2. The Morgan fingerprint density at radius 2 is 0.442 bits per heavy atom. The SMILES string of the molecule is CCCCCCCCCCCCCCCCCCCCCCCCCCc1cccc(N=C(CCCC)C(CCCCC)=Nc2cccc(CCCCCCCCCCCCCCCCCCCCCCCCCC)c2)c1. The van der Waals surface area contributed by atoms with Crippen molar-refractivity contribution in [2.75, 3.05) is 0 Å². The Hall–Kier alpha value is -2.22. The number of unbranched alkanes of at least 4 members (excludes halogenated alkanes) is 49. The first-order chi connectivity index (χ1) is 38.2. The summed E-state index contributed by atoms with van der Waals surface area (Å²) in [7, 11) is 0. The van der Waals surface area contributed by atoms with Gasteiger partial charge in [0.05, 0.1) is 22.8 Å². The van der Waals surface area contributed by atoms with Gasteiger partial charge >= 0.3 is 0 Å². The minimum atomic E-state index is 1.00.